The van der Waals surface area contributed by atoms with E-state index in [9.17, 15) is 0 Å². The minimum absolute atomic E-state index is 0.590. The number of benzene rings is 1. The van der Waals surface area contributed by atoms with E-state index >= 15 is 0 Å². The molecule has 1 aliphatic rings. The number of H-pyrrole nitrogens is 1. The zero-order valence-corrected chi connectivity index (χ0v) is 12.0. The largest absolute Gasteiger partial charge is 0.309 e. The second kappa shape index (κ2) is 6.20. The van der Waals surface area contributed by atoms with Crippen LogP contribution >= 0.6 is 0 Å². The Morgan fingerprint density at radius 2 is 2.20 bits per heavy atom. The molecule has 4 nitrogen and oxygen atoms in total. The van der Waals surface area contributed by atoms with Gasteiger partial charge < -0.3 is 10.2 Å². The van der Waals surface area contributed by atoms with Gasteiger partial charge in [-0.2, -0.15) is 5.10 Å². The summed E-state index contributed by atoms with van der Waals surface area (Å²) in [6.07, 6.45) is 4.48. The van der Waals surface area contributed by atoms with Crippen LogP contribution in [0.2, 0.25) is 0 Å². The number of aromatic nitrogens is 2. The Balaban J connectivity index is 1.65. The molecule has 106 valence electrons. The molecule has 1 unspecified atom stereocenters. The van der Waals surface area contributed by atoms with Crippen molar-refractivity contribution >= 4 is 0 Å². The summed E-state index contributed by atoms with van der Waals surface area (Å²) in [6.45, 7) is 3.23. The van der Waals surface area contributed by atoms with Gasteiger partial charge in [0, 0.05) is 24.7 Å². The molecule has 1 aromatic heterocycles. The maximum Gasteiger partial charge on any atom is 0.0695 e. The standard InChI is InChI=1S/C16H22N4/c1-20-9-5-8-15(12-20)17-10-14-11-18-19-16(14)13-6-3-2-4-7-13/h2-4,6-7,11,15,17H,5,8-10,12H2,1H3,(H,18,19). The average molecular weight is 270 g/mol. The van der Waals surface area contributed by atoms with E-state index in [0.29, 0.717) is 6.04 Å². The quantitative estimate of drug-likeness (QED) is 0.895. The van der Waals surface area contributed by atoms with Crippen molar-refractivity contribution in [2.75, 3.05) is 20.1 Å². The summed E-state index contributed by atoms with van der Waals surface area (Å²) >= 11 is 0. The van der Waals surface area contributed by atoms with Gasteiger partial charge in [0.1, 0.15) is 0 Å². The van der Waals surface area contributed by atoms with Crippen molar-refractivity contribution in [2.24, 2.45) is 0 Å². The molecule has 0 aliphatic carbocycles. The van der Waals surface area contributed by atoms with Gasteiger partial charge in [0.2, 0.25) is 0 Å². The highest BCUT2D eigenvalue weighted by molar-refractivity contribution is 5.62. The lowest BCUT2D eigenvalue weighted by Crippen LogP contribution is -2.43. The Hall–Kier alpha value is -1.65. The molecule has 0 saturated carbocycles. The van der Waals surface area contributed by atoms with Crippen molar-refractivity contribution < 1.29 is 0 Å². The van der Waals surface area contributed by atoms with Gasteiger partial charge >= 0.3 is 0 Å². The molecule has 2 heterocycles. The highest BCUT2D eigenvalue weighted by atomic mass is 15.1. The van der Waals surface area contributed by atoms with E-state index in [1.54, 1.807) is 0 Å². The van der Waals surface area contributed by atoms with Crippen LogP contribution in [-0.4, -0.2) is 41.3 Å². The van der Waals surface area contributed by atoms with Crippen LogP contribution < -0.4 is 5.32 Å². The molecular formula is C16H22N4. The van der Waals surface area contributed by atoms with Gasteiger partial charge in [-0.3, -0.25) is 5.10 Å². The van der Waals surface area contributed by atoms with Crippen LogP contribution in [0.5, 0.6) is 0 Å². The van der Waals surface area contributed by atoms with Crippen molar-refractivity contribution in [3.8, 4) is 11.3 Å². The SMILES string of the molecule is CN1CCCC(NCc2cn[nH]c2-c2ccccc2)C1. The fourth-order valence-corrected chi connectivity index (χ4v) is 2.89. The van der Waals surface area contributed by atoms with E-state index in [-0.39, 0.29) is 0 Å². The van der Waals surface area contributed by atoms with Crippen molar-refractivity contribution in [1.82, 2.24) is 20.4 Å². The fourth-order valence-electron chi connectivity index (χ4n) is 2.89. The van der Waals surface area contributed by atoms with E-state index < -0.39 is 0 Å². The number of likely N-dealkylation sites (tertiary alicyclic amines) is 1. The number of hydrogen-bond donors (Lipinski definition) is 2. The van der Waals surface area contributed by atoms with E-state index in [4.69, 9.17) is 0 Å². The summed E-state index contributed by atoms with van der Waals surface area (Å²) in [4.78, 5) is 2.40. The molecular weight excluding hydrogens is 248 g/mol. The van der Waals surface area contributed by atoms with Crippen molar-refractivity contribution in [3.63, 3.8) is 0 Å². The third kappa shape index (κ3) is 3.08. The van der Waals surface area contributed by atoms with E-state index in [0.717, 1.165) is 18.8 Å². The smallest absolute Gasteiger partial charge is 0.0695 e. The molecule has 3 rings (SSSR count). The van der Waals surface area contributed by atoms with Gasteiger partial charge in [-0.15, -0.1) is 0 Å². The molecule has 2 aromatic rings. The second-order valence-electron chi connectivity index (χ2n) is 5.62. The number of aromatic amines is 1. The molecule has 0 amide bonds. The topological polar surface area (TPSA) is 44.0 Å². The Morgan fingerprint density at radius 3 is 3.00 bits per heavy atom. The predicted octanol–water partition coefficient (Wildman–Crippen LogP) is 2.26. The van der Waals surface area contributed by atoms with Crippen LogP contribution in [0.4, 0.5) is 0 Å². The third-order valence-corrected chi connectivity index (χ3v) is 3.99. The first-order valence-corrected chi connectivity index (χ1v) is 7.32. The van der Waals surface area contributed by atoms with Gasteiger partial charge in [0.25, 0.3) is 0 Å². The van der Waals surface area contributed by atoms with Gasteiger partial charge in [-0.25, -0.2) is 0 Å². The number of nitrogens with one attached hydrogen (secondary N) is 2. The molecule has 0 radical (unpaired) electrons. The highest BCUT2D eigenvalue weighted by Crippen LogP contribution is 2.20. The van der Waals surface area contributed by atoms with Crippen molar-refractivity contribution in [1.29, 1.82) is 0 Å². The lowest BCUT2D eigenvalue weighted by atomic mass is 10.0. The van der Waals surface area contributed by atoms with Crippen LogP contribution in [0, 0.1) is 0 Å². The molecule has 2 N–H and O–H groups in total. The minimum Gasteiger partial charge on any atom is -0.309 e. The Morgan fingerprint density at radius 1 is 1.35 bits per heavy atom. The van der Waals surface area contributed by atoms with Crippen LogP contribution in [0.15, 0.2) is 36.5 Å². The molecule has 20 heavy (non-hydrogen) atoms. The first-order chi connectivity index (χ1) is 9.83. The summed E-state index contributed by atoms with van der Waals surface area (Å²) in [5, 5.41) is 11.0. The van der Waals surface area contributed by atoms with Crippen LogP contribution in [0.1, 0.15) is 18.4 Å². The molecule has 0 spiro atoms. The monoisotopic (exact) mass is 270 g/mol. The zero-order chi connectivity index (χ0) is 13.8. The number of rotatable bonds is 4. The summed E-state index contributed by atoms with van der Waals surface area (Å²) in [6, 6.07) is 11.0. The summed E-state index contributed by atoms with van der Waals surface area (Å²) in [5.41, 5.74) is 3.56. The Kier molecular flexibility index (Phi) is 4.14. The molecule has 1 atom stereocenters. The Labute approximate surface area is 120 Å². The van der Waals surface area contributed by atoms with Gasteiger partial charge in [0.15, 0.2) is 0 Å². The maximum absolute atomic E-state index is 4.20. The zero-order valence-electron chi connectivity index (χ0n) is 12.0. The van der Waals surface area contributed by atoms with Gasteiger partial charge in [-0.05, 0) is 32.0 Å². The molecule has 1 aliphatic heterocycles. The first kappa shape index (κ1) is 13.3. The van der Waals surface area contributed by atoms with Gasteiger partial charge in [-0.1, -0.05) is 30.3 Å². The van der Waals surface area contributed by atoms with E-state index in [1.165, 1.54) is 30.5 Å². The normalized spacial score (nSPS) is 20.1. The first-order valence-electron chi connectivity index (χ1n) is 7.32. The van der Waals surface area contributed by atoms with Crippen molar-refractivity contribution in [2.45, 2.75) is 25.4 Å². The fraction of sp³-hybridized carbons (Fsp3) is 0.438. The second-order valence-corrected chi connectivity index (χ2v) is 5.62. The van der Waals surface area contributed by atoms with E-state index in [2.05, 4.69) is 51.7 Å². The van der Waals surface area contributed by atoms with Crippen LogP contribution in [0.25, 0.3) is 11.3 Å². The predicted molar refractivity (Wildman–Crippen MR) is 81.4 cm³/mol. The third-order valence-electron chi connectivity index (χ3n) is 3.99. The number of hydrogen-bond acceptors (Lipinski definition) is 3. The average Bonchev–Trinajstić information content (AvgIpc) is 2.95. The molecule has 1 aromatic carbocycles. The number of likely N-dealkylation sites (N-methyl/N-ethyl adjacent to an activating group) is 1. The van der Waals surface area contributed by atoms with Crippen molar-refractivity contribution in [3.05, 3.63) is 42.1 Å². The molecule has 0 bridgehead atoms. The summed E-state index contributed by atoms with van der Waals surface area (Å²) < 4.78 is 0. The molecule has 1 saturated heterocycles. The van der Waals surface area contributed by atoms with Crippen LogP contribution in [-0.2, 0) is 6.54 Å². The van der Waals surface area contributed by atoms with Gasteiger partial charge in [0.05, 0.1) is 11.9 Å². The molecule has 1 fully saturated rings. The molecule has 4 heteroatoms. The lowest BCUT2D eigenvalue weighted by Gasteiger charge is -2.30. The lowest BCUT2D eigenvalue weighted by molar-refractivity contribution is 0.226. The minimum atomic E-state index is 0.590. The Bertz CT molecular complexity index is 534. The van der Waals surface area contributed by atoms with E-state index in [1.807, 2.05) is 12.3 Å². The van der Waals surface area contributed by atoms with Crippen LogP contribution in [0.3, 0.4) is 0 Å². The number of piperidine rings is 1. The number of nitrogens with zero attached hydrogens (tertiary/aromatic N) is 2. The maximum atomic E-state index is 4.20. The summed E-state index contributed by atoms with van der Waals surface area (Å²) in [7, 11) is 2.20. The summed E-state index contributed by atoms with van der Waals surface area (Å²) in [5.74, 6) is 0. The highest BCUT2D eigenvalue weighted by Gasteiger charge is 2.17.